The van der Waals surface area contributed by atoms with Gasteiger partial charge in [-0.2, -0.15) is 0 Å². The van der Waals surface area contributed by atoms with Gasteiger partial charge in [0.1, 0.15) is 0 Å². The van der Waals surface area contributed by atoms with Crippen molar-refractivity contribution in [3.05, 3.63) is 12.7 Å². The molecule has 0 aromatic carbocycles. The smallest absolute Gasteiger partial charge is 0.395 e. The molecule has 0 aliphatic heterocycles. The van der Waals surface area contributed by atoms with Crippen LogP contribution in [0.3, 0.4) is 0 Å². The van der Waals surface area contributed by atoms with Gasteiger partial charge in [-0.25, -0.2) is 0 Å². The van der Waals surface area contributed by atoms with Gasteiger partial charge in [-0.1, -0.05) is 13.0 Å². The second kappa shape index (κ2) is 22.6. The number of aliphatic hydroxyl groups is 2. The van der Waals surface area contributed by atoms with Crippen LogP contribution >= 0.6 is 0 Å². The van der Waals surface area contributed by atoms with Crippen LogP contribution in [0.15, 0.2) is 12.7 Å². The van der Waals surface area contributed by atoms with Gasteiger partial charge in [0.2, 0.25) is 0 Å². The fourth-order valence-electron chi connectivity index (χ4n) is 0.283. The van der Waals surface area contributed by atoms with E-state index < -0.39 is 0 Å². The Bertz CT molecular complexity index is 68.1. The standard InChI is InChI=1S/C4H11NO2.C4H8.Na/c6-3-1-5-2-4-7;1-3-4-2;/h5-7H,1-4H2;3H,1,4H2,2H3;/q;;+1. The molecule has 0 saturated heterocycles. The molecule has 0 heterocycles. The van der Waals surface area contributed by atoms with Gasteiger partial charge in [0.15, 0.2) is 0 Å². The van der Waals surface area contributed by atoms with Crippen molar-refractivity contribution in [1.29, 1.82) is 0 Å². The van der Waals surface area contributed by atoms with E-state index in [2.05, 4.69) is 18.8 Å². The maximum Gasteiger partial charge on any atom is 1.00 e. The Kier molecular flexibility index (Phi) is 34.6. The van der Waals surface area contributed by atoms with Gasteiger partial charge in [0.25, 0.3) is 0 Å². The van der Waals surface area contributed by atoms with Gasteiger partial charge >= 0.3 is 29.6 Å². The van der Waals surface area contributed by atoms with Gasteiger partial charge in [-0.05, 0) is 6.42 Å². The van der Waals surface area contributed by atoms with E-state index >= 15 is 0 Å². The zero-order chi connectivity index (χ0) is 8.95. The summed E-state index contributed by atoms with van der Waals surface area (Å²) in [7, 11) is 0. The number of rotatable bonds is 5. The molecule has 0 fully saturated rings. The third kappa shape index (κ3) is 31.1. The Morgan fingerprint density at radius 3 is 1.75 bits per heavy atom. The van der Waals surface area contributed by atoms with Crippen LogP contribution in [0.4, 0.5) is 0 Å². The largest absolute Gasteiger partial charge is 1.00 e. The molecule has 0 radical (unpaired) electrons. The average molecular weight is 184 g/mol. The Hall–Kier alpha value is 0.620. The minimum atomic E-state index is 0. The Balaban J connectivity index is -0.000000142. The molecule has 0 bridgehead atoms. The third-order valence-corrected chi connectivity index (χ3v) is 0.866. The molecule has 0 unspecified atom stereocenters. The van der Waals surface area contributed by atoms with E-state index in [1.807, 2.05) is 6.08 Å². The van der Waals surface area contributed by atoms with Crippen LogP contribution in [-0.4, -0.2) is 36.5 Å². The quantitative estimate of drug-likeness (QED) is 0.245. The summed E-state index contributed by atoms with van der Waals surface area (Å²) in [5.74, 6) is 0. The van der Waals surface area contributed by atoms with E-state index in [1.165, 1.54) is 0 Å². The first-order valence-corrected chi connectivity index (χ1v) is 3.86. The van der Waals surface area contributed by atoms with Gasteiger partial charge in [-0.3, -0.25) is 0 Å². The van der Waals surface area contributed by atoms with Crippen LogP contribution < -0.4 is 34.9 Å². The Morgan fingerprint density at radius 2 is 1.58 bits per heavy atom. The van der Waals surface area contributed by atoms with E-state index in [-0.39, 0.29) is 42.8 Å². The first-order valence-electron chi connectivity index (χ1n) is 3.86. The van der Waals surface area contributed by atoms with Crippen molar-refractivity contribution in [2.45, 2.75) is 13.3 Å². The molecule has 0 aromatic heterocycles. The first kappa shape index (κ1) is 18.4. The van der Waals surface area contributed by atoms with Gasteiger partial charge < -0.3 is 15.5 Å². The van der Waals surface area contributed by atoms with Crippen molar-refractivity contribution >= 4 is 0 Å². The van der Waals surface area contributed by atoms with Crippen molar-refractivity contribution in [2.75, 3.05) is 26.3 Å². The van der Waals surface area contributed by atoms with Gasteiger partial charge in [0.05, 0.1) is 13.2 Å². The summed E-state index contributed by atoms with van der Waals surface area (Å²) in [4.78, 5) is 0. The number of aliphatic hydroxyl groups excluding tert-OH is 2. The van der Waals surface area contributed by atoms with Crippen LogP contribution in [0.1, 0.15) is 13.3 Å². The molecule has 0 aromatic rings. The second-order valence-electron chi connectivity index (χ2n) is 1.89. The Morgan fingerprint density at radius 1 is 1.25 bits per heavy atom. The molecule has 68 valence electrons. The molecular formula is C8H19NNaO2+. The van der Waals surface area contributed by atoms with Crippen molar-refractivity contribution in [3.8, 4) is 0 Å². The molecule has 0 spiro atoms. The van der Waals surface area contributed by atoms with Crippen LogP contribution in [0.5, 0.6) is 0 Å². The molecule has 12 heavy (non-hydrogen) atoms. The van der Waals surface area contributed by atoms with E-state index in [0.29, 0.717) is 13.1 Å². The Labute approximate surface area is 97.2 Å². The number of hydrogen-bond acceptors (Lipinski definition) is 3. The molecule has 0 saturated carbocycles. The molecule has 0 amide bonds. The van der Waals surface area contributed by atoms with E-state index in [0.717, 1.165) is 6.42 Å². The second-order valence-corrected chi connectivity index (χ2v) is 1.89. The van der Waals surface area contributed by atoms with Crippen LogP contribution in [0, 0.1) is 0 Å². The molecule has 4 heteroatoms. The monoisotopic (exact) mass is 184 g/mol. The van der Waals surface area contributed by atoms with Crippen molar-refractivity contribution in [2.24, 2.45) is 0 Å². The summed E-state index contributed by atoms with van der Waals surface area (Å²) in [5, 5.41) is 19.1. The first-order chi connectivity index (χ1) is 5.33. The minimum Gasteiger partial charge on any atom is -0.395 e. The van der Waals surface area contributed by atoms with Crippen molar-refractivity contribution in [3.63, 3.8) is 0 Å². The minimum absolute atomic E-state index is 0. The average Bonchev–Trinajstić information content (AvgIpc) is 2.06. The number of allylic oxidation sites excluding steroid dienone is 1. The zero-order valence-electron chi connectivity index (χ0n) is 8.21. The predicted octanol–water partition coefficient (Wildman–Crippen LogP) is -2.85. The van der Waals surface area contributed by atoms with Crippen LogP contribution in [0.2, 0.25) is 0 Å². The molecule has 3 N–H and O–H groups in total. The summed E-state index contributed by atoms with van der Waals surface area (Å²) >= 11 is 0. The molecule has 0 rings (SSSR count). The molecular weight excluding hydrogens is 165 g/mol. The SMILES string of the molecule is C=CCC.OCCNCCO.[Na+]. The number of nitrogens with one attached hydrogen (secondary N) is 1. The fraction of sp³-hybridized carbons (Fsp3) is 0.750. The van der Waals surface area contributed by atoms with Crippen LogP contribution in [0.25, 0.3) is 0 Å². The maximum atomic E-state index is 8.15. The topological polar surface area (TPSA) is 52.5 Å². The van der Waals surface area contributed by atoms with Crippen molar-refractivity contribution in [1.82, 2.24) is 5.32 Å². The molecule has 0 atom stereocenters. The van der Waals surface area contributed by atoms with Crippen LogP contribution in [-0.2, 0) is 0 Å². The molecule has 3 nitrogen and oxygen atoms in total. The molecule has 0 aliphatic carbocycles. The predicted molar refractivity (Wildman–Crippen MR) is 47.5 cm³/mol. The summed E-state index contributed by atoms with van der Waals surface area (Å²) in [5.41, 5.74) is 0. The number of hydrogen-bond donors (Lipinski definition) is 3. The fourth-order valence-corrected chi connectivity index (χ4v) is 0.283. The normalized spacial score (nSPS) is 7.58. The van der Waals surface area contributed by atoms with Crippen molar-refractivity contribution < 1.29 is 39.8 Å². The summed E-state index contributed by atoms with van der Waals surface area (Å²) in [6, 6.07) is 0. The van der Waals surface area contributed by atoms with E-state index in [9.17, 15) is 0 Å². The maximum absolute atomic E-state index is 8.15. The summed E-state index contributed by atoms with van der Waals surface area (Å²) < 4.78 is 0. The zero-order valence-corrected chi connectivity index (χ0v) is 10.2. The summed E-state index contributed by atoms with van der Waals surface area (Å²) in [6.07, 6.45) is 2.96. The van der Waals surface area contributed by atoms with E-state index in [4.69, 9.17) is 10.2 Å². The van der Waals surface area contributed by atoms with E-state index in [1.54, 1.807) is 0 Å². The summed E-state index contributed by atoms with van der Waals surface area (Å²) in [6.45, 7) is 6.96. The third-order valence-electron chi connectivity index (χ3n) is 0.866. The van der Waals surface area contributed by atoms with Gasteiger partial charge in [0, 0.05) is 13.1 Å². The van der Waals surface area contributed by atoms with Gasteiger partial charge in [-0.15, -0.1) is 6.58 Å². The molecule has 0 aliphatic rings.